The monoisotopic (exact) mass is 361 g/mol. The Morgan fingerprint density at radius 3 is 2.23 bits per heavy atom. The van der Waals surface area contributed by atoms with Crippen LogP contribution in [0.4, 0.5) is 11.4 Å². The number of rotatable bonds is 6. The van der Waals surface area contributed by atoms with E-state index in [1.807, 2.05) is 52.0 Å². The lowest BCUT2D eigenvalue weighted by Crippen LogP contribution is -2.43. The summed E-state index contributed by atoms with van der Waals surface area (Å²) < 4.78 is 5.40. The molecule has 1 heterocycles. The van der Waals surface area contributed by atoms with Gasteiger partial charge in [0.05, 0.1) is 24.6 Å². The van der Waals surface area contributed by atoms with Crippen LogP contribution in [-0.4, -0.2) is 56.1 Å². The number of para-hydroxylation sites is 2. The molecule has 1 fully saturated rings. The van der Waals surface area contributed by atoms with Crippen LogP contribution >= 0.6 is 0 Å². The topological polar surface area (TPSA) is 61.9 Å². The normalized spacial score (nSPS) is 14.6. The molecule has 0 unspecified atom stereocenters. The number of ether oxygens (including phenoxy) is 1. The van der Waals surface area contributed by atoms with Crippen molar-refractivity contribution in [1.82, 2.24) is 4.90 Å². The minimum atomic E-state index is -0.577. The number of morpholine rings is 1. The lowest BCUT2D eigenvalue weighted by molar-refractivity contribution is -0.143. The van der Waals surface area contributed by atoms with Crippen LogP contribution in [0.5, 0.6) is 0 Å². The number of benzene rings is 1. The van der Waals surface area contributed by atoms with Gasteiger partial charge in [-0.25, -0.2) is 0 Å². The Balaban J connectivity index is 2.11. The Morgan fingerprint density at radius 2 is 1.65 bits per heavy atom. The smallest absolute Gasteiger partial charge is 0.313 e. The van der Waals surface area contributed by atoms with E-state index in [9.17, 15) is 9.59 Å². The van der Waals surface area contributed by atoms with E-state index in [1.54, 1.807) is 4.90 Å². The molecule has 0 bridgehead atoms. The number of anilines is 2. The molecule has 144 valence electrons. The zero-order valence-corrected chi connectivity index (χ0v) is 16.3. The molecule has 0 atom stereocenters. The van der Waals surface area contributed by atoms with Crippen molar-refractivity contribution in [3.8, 4) is 0 Å². The molecule has 6 heteroatoms. The fourth-order valence-corrected chi connectivity index (χ4v) is 3.10. The second-order valence-corrected chi connectivity index (χ2v) is 7.57. The van der Waals surface area contributed by atoms with Crippen molar-refractivity contribution in [1.29, 1.82) is 0 Å². The number of nitrogens with one attached hydrogen (secondary N) is 1. The maximum Gasteiger partial charge on any atom is 0.313 e. The lowest BCUT2D eigenvalue weighted by atomic mass is 10.1. The molecule has 2 amide bonds. The first-order valence-corrected chi connectivity index (χ1v) is 9.40. The summed E-state index contributed by atoms with van der Waals surface area (Å²) >= 11 is 0. The van der Waals surface area contributed by atoms with E-state index in [2.05, 4.69) is 10.2 Å². The molecule has 1 saturated heterocycles. The van der Waals surface area contributed by atoms with Crippen LogP contribution < -0.4 is 10.2 Å². The van der Waals surface area contributed by atoms with Gasteiger partial charge in [-0.1, -0.05) is 39.8 Å². The zero-order chi connectivity index (χ0) is 19.1. The summed E-state index contributed by atoms with van der Waals surface area (Å²) in [4.78, 5) is 29.1. The van der Waals surface area contributed by atoms with Gasteiger partial charge in [0.15, 0.2) is 0 Å². The molecule has 0 aromatic heterocycles. The van der Waals surface area contributed by atoms with Crippen molar-refractivity contribution < 1.29 is 14.3 Å². The molecule has 0 radical (unpaired) electrons. The molecule has 0 spiro atoms. The predicted octanol–water partition coefficient (Wildman–Crippen LogP) is 2.60. The van der Waals surface area contributed by atoms with Crippen LogP contribution in [0.3, 0.4) is 0 Å². The number of hydrogen-bond acceptors (Lipinski definition) is 4. The van der Waals surface area contributed by atoms with Gasteiger partial charge in [0.1, 0.15) is 0 Å². The van der Waals surface area contributed by atoms with Crippen molar-refractivity contribution in [3.05, 3.63) is 24.3 Å². The van der Waals surface area contributed by atoms with Crippen LogP contribution in [0, 0.1) is 11.8 Å². The summed E-state index contributed by atoms with van der Waals surface area (Å²) in [6.45, 7) is 12.2. The zero-order valence-electron chi connectivity index (χ0n) is 16.3. The Kier molecular flexibility index (Phi) is 7.45. The van der Waals surface area contributed by atoms with E-state index in [0.717, 1.165) is 18.8 Å². The SMILES string of the molecule is CC(C)CN(CC(C)C)C(=O)C(=O)Nc1ccccc1N1CCOCC1. The summed E-state index contributed by atoms with van der Waals surface area (Å²) in [5.41, 5.74) is 1.60. The van der Waals surface area contributed by atoms with Crippen LogP contribution in [0.25, 0.3) is 0 Å². The lowest BCUT2D eigenvalue weighted by Gasteiger charge is -2.31. The van der Waals surface area contributed by atoms with Crippen molar-refractivity contribution in [2.24, 2.45) is 11.8 Å². The van der Waals surface area contributed by atoms with Crippen LogP contribution in [0.2, 0.25) is 0 Å². The molecule has 1 aromatic carbocycles. The maximum atomic E-state index is 12.7. The fraction of sp³-hybridized carbons (Fsp3) is 0.600. The standard InChI is InChI=1S/C20H31N3O3/c1-15(2)13-23(14-16(3)4)20(25)19(24)21-17-7-5-6-8-18(17)22-9-11-26-12-10-22/h5-8,15-16H,9-14H2,1-4H3,(H,21,24). The van der Waals surface area contributed by atoms with Crippen molar-refractivity contribution in [2.75, 3.05) is 49.6 Å². The van der Waals surface area contributed by atoms with Gasteiger partial charge in [-0.05, 0) is 24.0 Å². The summed E-state index contributed by atoms with van der Waals surface area (Å²) in [5, 5.41) is 2.82. The number of amides is 2. The molecule has 26 heavy (non-hydrogen) atoms. The average molecular weight is 361 g/mol. The van der Waals surface area contributed by atoms with Crippen molar-refractivity contribution in [3.63, 3.8) is 0 Å². The summed E-state index contributed by atoms with van der Waals surface area (Å²) in [6, 6.07) is 7.60. The van der Waals surface area contributed by atoms with E-state index in [1.165, 1.54) is 0 Å². The van der Waals surface area contributed by atoms with Gasteiger partial charge in [-0.2, -0.15) is 0 Å². The first kappa shape index (κ1) is 20.2. The molecule has 0 saturated carbocycles. The van der Waals surface area contributed by atoms with Gasteiger partial charge in [0.2, 0.25) is 0 Å². The number of carbonyl (C=O) groups is 2. The van der Waals surface area contributed by atoms with Crippen LogP contribution in [0.15, 0.2) is 24.3 Å². The minimum absolute atomic E-state index is 0.311. The van der Waals surface area contributed by atoms with Crippen molar-refractivity contribution >= 4 is 23.2 Å². The van der Waals surface area contributed by atoms with E-state index < -0.39 is 11.8 Å². The molecule has 6 nitrogen and oxygen atoms in total. The highest BCUT2D eigenvalue weighted by Gasteiger charge is 2.24. The molecule has 1 N–H and O–H groups in total. The summed E-state index contributed by atoms with van der Waals surface area (Å²) in [7, 11) is 0. The Bertz CT molecular complexity index is 600. The summed E-state index contributed by atoms with van der Waals surface area (Å²) in [5.74, 6) is -0.423. The highest BCUT2D eigenvalue weighted by atomic mass is 16.5. The largest absolute Gasteiger partial charge is 0.378 e. The van der Waals surface area contributed by atoms with E-state index in [4.69, 9.17) is 4.74 Å². The maximum absolute atomic E-state index is 12.7. The number of hydrogen-bond donors (Lipinski definition) is 1. The van der Waals surface area contributed by atoms with E-state index in [-0.39, 0.29) is 0 Å². The Labute approximate surface area is 156 Å². The second kappa shape index (κ2) is 9.57. The Hall–Kier alpha value is -2.08. The van der Waals surface area contributed by atoms with Crippen LogP contribution in [0.1, 0.15) is 27.7 Å². The Morgan fingerprint density at radius 1 is 1.08 bits per heavy atom. The second-order valence-electron chi connectivity index (χ2n) is 7.57. The molecule has 0 aliphatic carbocycles. The van der Waals surface area contributed by atoms with Gasteiger partial charge in [0, 0.05) is 26.2 Å². The molecule has 2 rings (SSSR count). The van der Waals surface area contributed by atoms with Gasteiger partial charge >= 0.3 is 11.8 Å². The molecule has 1 aliphatic rings. The highest BCUT2D eigenvalue weighted by Crippen LogP contribution is 2.26. The number of carbonyl (C=O) groups excluding carboxylic acids is 2. The average Bonchev–Trinajstić information content (AvgIpc) is 2.61. The quantitative estimate of drug-likeness (QED) is 0.791. The van der Waals surface area contributed by atoms with Gasteiger partial charge < -0.3 is 19.9 Å². The molecule has 1 aliphatic heterocycles. The van der Waals surface area contributed by atoms with Crippen molar-refractivity contribution in [2.45, 2.75) is 27.7 Å². The van der Waals surface area contributed by atoms with Crippen LogP contribution in [-0.2, 0) is 14.3 Å². The molecular weight excluding hydrogens is 330 g/mol. The molecule has 1 aromatic rings. The van der Waals surface area contributed by atoms with Gasteiger partial charge in [0.25, 0.3) is 0 Å². The first-order chi connectivity index (χ1) is 12.4. The number of nitrogens with zero attached hydrogens (tertiary/aromatic N) is 2. The minimum Gasteiger partial charge on any atom is -0.378 e. The highest BCUT2D eigenvalue weighted by molar-refractivity contribution is 6.39. The van der Waals surface area contributed by atoms with Gasteiger partial charge in [-0.15, -0.1) is 0 Å². The summed E-state index contributed by atoms with van der Waals surface area (Å²) in [6.07, 6.45) is 0. The predicted molar refractivity (Wildman–Crippen MR) is 104 cm³/mol. The third-order valence-corrected chi connectivity index (χ3v) is 4.16. The third-order valence-electron chi connectivity index (χ3n) is 4.16. The fourth-order valence-electron chi connectivity index (χ4n) is 3.10. The van der Waals surface area contributed by atoms with E-state index in [0.29, 0.717) is 43.8 Å². The van der Waals surface area contributed by atoms with E-state index >= 15 is 0 Å². The van der Waals surface area contributed by atoms with Gasteiger partial charge in [-0.3, -0.25) is 9.59 Å². The molecular formula is C20H31N3O3. The third kappa shape index (κ3) is 5.73. The first-order valence-electron chi connectivity index (χ1n) is 9.40.